The number of piperidine rings is 2. The van der Waals surface area contributed by atoms with E-state index < -0.39 is 17.5 Å². The zero-order chi connectivity index (χ0) is 30.0. The molecule has 9 heteroatoms. The highest BCUT2D eigenvalue weighted by molar-refractivity contribution is 5.84. The fraction of sp³-hybridized carbons (Fsp3) is 0.688. The summed E-state index contributed by atoms with van der Waals surface area (Å²) in [5.74, 6) is -0.516. The number of carboxylic acid groups (broad SMARTS) is 1. The van der Waals surface area contributed by atoms with Gasteiger partial charge < -0.3 is 24.4 Å². The number of aliphatic carboxylic acids is 1. The first kappa shape index (κ1) is 32.4. The predicted molar refractivity (Wildman–Crippen MR) is 156 cm³/mol. The van der Waals surface area contributed by atoms with Gasteiger partial charge in [-0.15, -0.1) is 0 Å². The molecule has 0 radical (unpaired) electrons. The third kappa shape index (κ3) is 10.7. The number of hydrogen-bond acceptors (Lipinski definition) is 6. The number of carboxylic acids is 1. The van der Waals surface area contributed by atoms with Gasteiger partial charge in [-0.05, 0) is 82.9 Å². The summed E-state index contributed by atoms with van der Waals surface area (Å²) >= 11 is 0. The van der Waals surface area contributed by atoms with Crippen LogP contribution in [0.2, 0.25) is 0 Å². The molecule has 228 valence electrons. The van der Waals surface area contributed by atoms with Gasteiger partial charge in [0.25, 0.3) is 0 Å². The van der Waals surface area contributed by atoms with Gasteiger partial charge in [0.15, 0.2) is 0 Å². The number of carbonyl (C=O) groups excluding carboxylic acids is 3. The van der Waals surface area contributed by atoms with Crippen LogP contribution in [0.15, 0.2) is 24.3 Å². The van der Waals surface area contributed by atoms with Gasteiger partial charge in [-0.2, -0.15) is 0 Å². The average molecular weight is 573 g/mol. The lowest BCUT2D eigenvalue weighted by molar-refractivity contribution is -0.137. The monoisotopic (exact) mass is 572 g/mol. The normalized spacial score (nSPS) is 19.0. The molecule has 0 saturated carbocycles. The molecule has 2 heterocycles. The van der Waals surface area contributed by atoms with Gasteiger partial charge in [-0.3, -0.25) is 14.4 Å². The van der Waals surface area contributed by atoms with Crippen molar-refractivity contribution in [1.29, 1.82) is 0 Å². The minimum Gasteiger partial charge on any atom is -0.494 e. The summed E-state index contributed by atoms with van der Waals surface area (Å²) < 4.78 is 11.2. The number of nitrogens with zero attached hydrogens (tertiary/aromatic N) is 2. The van der Waals surface area contributed by atoms with E-state index in [1.807, 2.05) is 56.9 Å². The third-order valence-corrected chi connectivity index (χ3v) is 7.93. The maximum absolute atomic E-state index is 13.4. The van der Waals surface area contributed by atoms with Gasteiger partial charge in [-0.25, -0.2) is 4.79 Å². The molecule has 1 aromatic carbocycles. The average Bonchev–Trinajstić information content (AvgIpc) is 2.93. The van der Waals surface area contributed by atoms with E-state index in [9.17, 15) is 24.3 Å². The molecule has 0 aliphatic carbocycles. The lowest BCUT2D eigenvalue weighted by Gasteiger charge is -2.35. The van der Waals surface area contributed by atoms with E-state index >= 15 is 0 Å². The van der Waals surface area contributed by atoms with Crippen molar-refractivity contribution in [3.8, 4) is 5.75 Å². The van der Waals surface area contributed by atoms with E-state index in [-0.39, 0.29) is 36.5 Å². The van der Waals surface area contributed by atoms with Crippen LogP contribution in [0.5, 0.6) is 5.75 Å². The number of amides is 2. The molecule has 2 aliphatic rings. The Morgan fingerprint density at radius 1 is 1.02 bits per heavy atom. The maximum atomic E-state index is 13.4. The predicted octanol–water partition coefficient (Wildman–Crippen LogP) is 5.66. The molecule has 1 aromatic rings. The number of ether oxygens (including phenoxy) is 2. The Bertz CT molecular complexity index is 1040. The van der Waals surface area contributed by atoms with Crippen molar-refractivity contribution in [2.75, 3.05) is 32.8 Å². The number of ketones is 1. The lowest BCUT2D eigenvalue weighted by atomic mass is 9.84. The lowest BCUT2D eigenvalue weighted by Crippen LogP contribution is -2.43. The van der Waals surface area contributed by atoms with Gasteiger partial charge in [0.05, 0.1) is 13.0 Å². The number of benzene rings is 1. The highest BCUT2D eigenvalue weighted by atomic mass is 16.6. The Labute approximate surface area is 244 Å². The number of Topliss-reactive ketones (excluding diaryl/α,β-unsaturated/α-hetero) is 1. The first-order valence-electron chi connectivity index (χ1n) is 15.2. The Morgan fingerprint density at radius 3 is 2.41 bits per heavy atom. The topological polar surface area (TPSA) is 113 Å². The van der Waals surface area contributed by atoms with Gasteiger partial charge in [0, 0.05) is 50.9 Å². The molecule has 3 rings (SSSR count). The summed E-state index contributed by atoms with van der Waals surface area (Å²) in [5.41, 5.74) is 0.273. The number of hydrogen-bond donors (Lipinski definition) is 1. The fourth-order valence-electron chi connectivity index (χ4n) is 5.69. The number of carbonyl (C=O) groups is 4. The molecule has 9 nitrogen and oxygen atoms in total. The Hall–Kier alpha value is -3.10. The molecule has 2 aliphatic heterocycles. The molecular weight excluding hydrogens is 524 g/mol. The third-order valence-electron chi connectivity index (χ3n) is 7.93. The van der Waals surface area contributed by atoms with E-state index in [2.05, 4.69) is 0 Å². The van der Waals surface area contributed by atoms with E-state index in [1.54, 1.807) is 4.90 Å². The van der Waals surface area contributed by atoms with Crippen LogP contribution in [0.3, 0.4) is 0 Å². The fourth-order valence-corrected chi connectivity index (χ4v) is 5.69. The van der Waals surface area contributed by atoms with Crippen LogP contribution in [-0.4, -0.2) is 77.0 Å². The van der Waals surface area contributed by atoms with Crippen LogP contribution in [0.25, 0.3) is 0 Å². The summed E-state index contributed by atoms with van der Waals surface area (Å²) in [5, 5.41) is 9.53. The van der Waals surface area contributed by atoms with Crippen LogP contribution in [0.4, 0.5) is 4.79 Å². The smallest absolute Gasteiger partial charge is 0.410 e. The van der Waals surface area contributed by atoms with E-state index in [1.165, 1.54) is 0 Å². The van der Waals surface area contributed by atoms with Gasteiger partial charge in [0.1, 0.15) is 17.1 Å². The zero-order valence-electron chi connectivity index (χ0n) is 25.2. The molecule has 2 fully saturated rings. The molecular formula is C32H48N2O7. The standard InChI is InChI=1S/C32H48N2O7/c1-5-18-40-27-10-6-8-24(19-27)26(21-30(37)38)20-28(35)25-9-7-15-34(22-25)29(36)12-11-23-13-16-33(17-14-23)31(39)41-32(2,3)4/h6,8,10,19,23,25-26H,5,7,9,11-18,20-22H2,1-4H3,(H,37,38)/t25-,26?/m1/s1. The first-order valence-corrected chi connectivity index (χ1v) is 15.2. The Morgan fingerprint density at radius 2 is 1.76 bits per heavy atom. The van der Waals surface area contributed by atoms with Gasteiger partial charge >= 0.3 is 12.1 Å². The Balaban J connectivity index is 1.49. The van der Waals surface area contributed by atoms with Crippen LogP contribution in [-0.2, 0) is 19.1 Å². The largest absolute Gasteiger partial charge is 0.494 e. The summed E-state index contributed by atoms with van der Waals surface area (Å²) in [6.45, 7) is 10.5. The van der Waals surface area contributed by atoms with Gasteiger partial charge in [-0.1, -0.05) is 19.1 Å². The summed E-state index contributed by atoms with van der Waals surface area (Å²) in [4.78, 5) is 53.9. The van der Waals surface area contributed by atoms with Crippen molar-refractivity contribution in [1.82, 2.24) is 9.80 Å². The van der Waals surface area contributed by atoms with Crippen molar-refractivity contribution >= 4 is 23.8 Å². The van der Waals surface area contributed by atoms with E-state index in [0.717, 1.165) is 37.7 Å². The second kappa shape index (κ2) is 15.2. The summed E-state index contributed by atoms with van der Waals surface area (Å²) in [6.07, 6.45) is 4.97. The summed E-state index contributed by atoms with van der Waals surface area (Å²) in [6, 6.07) is 7.37. The first-order chi connectivity index (χ1) is 19.4. The number of likely N-dealkylation sites (tertiary alicyclic amines) is 2. The van der Waals surface area contributed by atoms with Crippen LogP contribution < -0.4 is 4.74 Å². The highest BCUT2D eigenvalue weighted by Crippen LogP contribution is 2.31. The van der Waals surface area contributed by atoms with Crippen LogP contribution >= 0.6 is 0 Å². The van der Waals surface area contributed by atoms with Crippen LogP contribution in [0, 0.1) is 11.8 Å². The summed E-state index contributed by atoms with van der Waals surface area (Å²) in [7, 11) is 0. The molecule has 1 unspecified atom stereocenters. The molecule has 0 spiro atoms. The van der Waals surface area contributed by atoms with Crippen molar-refractivity contribution in [2.45, 2.75) is 97.0 Å². The SMILES string of the molecule is CCCOc1cccc(C(CC(=O)O)CC(=O)[C@@H]2CCCN(C(=O)CCC3CCN(C(=O)OC(C)(C)C)CC3)C2)c1. The van der Waals surface area contributed by atoms with Crippen molar-refractivity contribution in [3.63, 3.8) is 0 Å². The van der Waals surface area contributed by atoms with Crippen molar-refractivity contribution in [3.05, 3.63) is 29.8 Å². The van der Waals surface area contributed by atoms with Gasteiger partial charge in [0.2, 0.25) is 5.91 Å². The molecule has 1 N–H and O–H groups in total. The zero-order valence-corrected chi connectivity index (χ0v) is 25.2. The molecule has 2 atom stereocenters. The maximum Gasteiger partial charge on any atom is 0.410 e. The van der Waals surface area contributed by atoms with E-state index in [0.29, 0.717) is 57.3 Å². The van der Waals surface area contributed by atoms with Crippen LogP contribution in [0.1, 0.15) is 97.0 Å². The highest BCUT2D eigenvalue weighted by Gasteiger charge is 2.32. The molecule has 41 heavy (non-hydrogen) atoms. The second-order valence-corrected chi connectivity index (χ2v) is 12.5. The van der Waals surface area contributed by atoms with Crippen molar-refractivity contribution in [2.24, 2.45) is 11.8 Å². The minimum absolute atomic E-state index is 0.0168. The minimum atomic E-state index is -0.944. The molecule has 2 saturated heterocycles. The quantitative estimate of drug-likeness (QED) is 0.344. The number of rotatable bonds is 12. The molecule has 0 aromatic heterocycles. The molecule has 0 bridgehead atoms. The molecule has 2 amide bonds. The Kier molecular flexibility index (Phi) is 12.0. The van der Waals surface area contributed by atoms with E-state index in [4.69, 9.17) is 9.47 Å². The van der Waals surface area contributed by atoms with Crippen molar-refractivity contribution < 1.29 is 33.8 Å². The second-order valence-electron chi connectivity index (χ2n) is 12.5.